The molecule has 110 valence electrons. The van der Waals surface area contributed by atoms with Gasteiger partial charge in [0.2, 0.25) is 0 Å². The molecule has 19 heavy (non-hydrogen) atoms. The van der Waals surface area contributed by atoms with E-state index in [1.165, 1.54) is 10.7 Å². The highest BCUT2D eigenvalue weighted by Gasteiger charge is 2.25. The third kappa shape index (κ3) is 4.86. The molecule has 3 nitrogen and oxygen atoms in total. The molecule has 0 aromatic carbocycles. The molecule has 0 amide bonds. The minimum absolute atomic E-state index is 0.113. The highest BCUT2D eigenvalue weighted by atomic mass is 32.1. The summed E-state index contributed by atoms with van der Waals surface area (Å²) in [5, 5.41) is 6.97. The maximum Gasteiger partial charge on any atom is 0.110 e. The van der Waals surface area contributed by atoms with Crippen LogP contribution in [0.25, 0.3) is 0 Å². The van der Waals surface area contributed by atoms with Crippen molar-refractivity contribution in [2.75, 3.05) is 13.7 Å². The Labute approximate surface area is 121 Å². The quantitative estimate of drug-likeness (QED) is 0.863. The van der Waals surface area contributed by atoms with E-state index in [1.807, 2.05) is 0 Å². The Morgan fingerprint density at radius 2 is 1.95 bits per heavy atom. The molecule has 0 aliphatic rings. The number of thiazole rings is 1. The maximum absolute atomic E-state index is 5.30. The topological polar surface area (TPSA) is 34.1 Å². The molecule has 4 heteroatoms. The van der Waals surface area contributed by atoms with E-state index in [0.717, 1.165) is 6.61 Å². The van der Waals surface area contributed by atoms with E-state index in [2.05, 4.69) is 52.2 Å². The van der Waals surface area contributed by atoms with E-state index in [0.29, 0.717) is 12.0 Å². The molecule has 2 unspecified atom stereocenters. The fourth-order valence-corrected chi connectivity index (χ4v) is 3.21. The summed E-state index contributed by atoms with van der Waals surface area (Å²) in [4.78, 5) is 4.84. The van der Waals surface area contributed by atoms with Gasteiger partial charge in [-0.15, -0.1) is 11.3 Å². The van der Waals surface area contributed by atoms with Gasteiger partial charge in [0.1, 0.15) is 5.01 Å². The normalized spacial score (nSPS) is 15.8. The van der Waals surface area contributed by atoms with E-state index in [1.54, 1.807) is 18.4 Å². The van der Waals surface area contributed by atoms with Gasteiger partial charge in [-0.1, -0.05) is 41.5 Å². The number of nitrogens with zero attached hydrogens (tertiary/aromatic N) is 1. The summed E-state index contributed by atoms with van der Waals surface area (Å²) in [7, 11) is 1.76. The smallest absolute Gasteiger partial charge is 0.110 e. The van der Waals surface area contributed by atoms with Crippen LogP contribution in [0.15, 0.2) is 5.38 Å². The predicted molar refractivity (Wildman–Crippen MR) is 82.9 cm³/mol. The molecule has 0 saturated heterocycles. The standard InChI is InChI=1S/C15H28N2OS/c1-10(2)16-13(11(3)8-18-7)14-17-12(9-19-14)15(4,5)6/h9-11,13,16H,8H2,1-7H3. The van der Waals surface area contributed by atoms with Gasteiger partial charge in [0.05, 0.1) is 18.3 Å². The van der Waals surface area contributed by atoms with Crippen LogP contribution in [0.1, 0.15) is 58.3 Å². The van der Waals surface area contributed by atoms with Crippen LogP contribution >= 0.6 is 11.3 Å². The van der Waals surface area contributed by atoms with Gasteiger partial charge >= 0.3 is 0 Å². The monoisotopic (exact) mass is 284 g/mol. The molecule has 0 saturated carbocycles. The first-order valence-electron chi connectivity index (χ1n) is 6.96. The van der Waals surface area contributed by atoms with Crippen LogP contribution in [0.3, 0.4) is 0 Å². The molecule has 0 fully saturated rings. The van der Waals surface area contributed by atoms with Crippen LogP contribution in [-0.4, -0.2) is 24.7 Å². The fraction of sp³-hybridized carbons (Fsp3) is 0.800. The number of rotatable bonds is 6. The average molecular weight is 284 g/mol. The number of aromatic nitrogens is 1. The van der Waals surface area contributed by atoms with Crippen molar-refractivity contribution < 1.29 is 4.74 Å². The molecule has 1 heterocycles. The van der Waals surface area contributed by atoms with Gasteiger partial charge in [-0.25, -0.2) is 4.98 Å². The molecule has 0 radical (unpaired) electrons. The van der Waals surface area contributed by atoms with E-state index < -0.39 is 0 Å². The van der Waals surface area contributed by atoms with Crippen LogP contribution < -0.4 is 5.32 Å². The maximum atomic E-state index is 5.30. The van der Waals surface area contributed by atoms with Crippen molar-refractivity contribution in [1.29, 1.82) is 0 Å². The second-order valence-corrected chi connectivity index (χ2v) is 7.44. The summed E-state index contributed by atoms with van der Waals surface area (Å²) in [6.45, 7) is 13.9. The van der Waals surface area contributed by atoms with Crippen LogP contribution in [0.2, 0.25) is 0 Å². The second-order valence-electron chi connectivity index (χ2n) is 6.55. The van der Waals surface area contributed by atoms with Gasteiger partial charge in [-0.2, -0.15) is 0 Å². The fourth-order valence-electron chi connectivity index (χ4n) is 1.97. The van der Waals surface area contributed by atoms with E-state index >= 15 is 0 Å². The summed E-state index contributed by atoms with van der Waals surface area (Å²) in [5.41, 5.74) is 1.29. The third-order valence-corrected chi connectivity index (χ3v) is 4.00. The molecule has 2 atom stereocenters. The molecular formula is C15H28N2OS. The highest BCUT2D eigenvalue weighted by Crippen LogP contribution is 2.30. The number of nitrogens with one attached hydrogen (secondary N) is 1. The first kappa shape index (κ1) is 16.6. The number of hydrogen-bond donors (Lipinski definition) is 1. The van der Waals surface area contributed by atoms with Crippen molar-refractivity contribution in [1.82, 2.24) is 10.3 Å². The zero-order valence-electron chi connectivity index (χ0n) is 13.3. The van der Waals surface area contributed by atoms with Crippen molar-refractivity contribution in [3.8, 4) is 0 Å². The van der Waals surface area contributed by atoms with E-state index in [9.17, 15) is 0 Å². The Hall–Kier alpha value is -0.450. The van der Waals surface area contributed by atoms with Crippen LogP contribution in [0.4, 0.5) is 0 Å². The third-order valence-electron chi connectivity index (χ3n) is 3.07. The Morgan fingerprint density at radius 1 is 1.32 bits per heavy atom. The second kappa shape index (κ2) is 6.82. The van der Waals surface area contributed by atoms with Gasteiger partial charge < -0.3 is 10.1 Å². The molecule has 0 aliphatic heterocycles. The lowest BCUT2D eigenvalue weighted by Crippen LogP contribution is -2.34. The summed E-state index contributed by atoms with van der Waals surface area (Å²) in [6, 6.07) is 0.701. The van der Waals surface area contributed by atoms with Crippen LogP contribution in [-0.2, 0) is 10.2 Å². The lowest BCUT2D eigenvalue weighted by atomic mass is 9.93. The van der Waals surface area contributed by atoms with Gasteiger partial charge in [-0.05, 0) is 0 Å². The van der Waals surface area contributed by atoms with Gasteiger partial charge in [0, 0.05) is 29.9 Å². The number of methoxy groups -OCH3 is 1. The molecule has 1 aromatic rings. The number of ether oxygens (including phenoxy) is 1. The van der Waals surface area contributed by atoms with Crippen molar-refractivity contribution in [2.45, 2.75) is 59.0 Å². The zero-order valence-corrected chi connectivity index (χ0v) is 14.1. The average Bonchev–Trinajstić information content (AvgIpc) is 2.74. The van der Waals surface area contributed by atoms with Gasteiger partial charge in [0.15, 0.2) is 0 Å². The van der Waals surface area contributed by atoms with Crippen LogP contribution in [0.5, 0.6) is 0 Å². The van der Waals surface area contributed by atoms with Gasteiger partial charge in [0.25, 0.3) is 0 Å². The Kier molecular flexibility index (Phi) is 5.96. The minimum Gasteiger partial charge on any atom is -0.384 e. The summed E-state index contributed by atoms with van der Waals surface area (Å²) >= 11 is 1.75. The van der Waals surface area contributed by atoms with Crippen LogP contribution in [0, 0.1) is 5.92 Å². The Morgan fingerprint density at radius 3 is 2.37 bits per heavy atom. The zero-order chi connectivity index (χ0) is 14.6. The molecule has 1 rings (SSSR count). The van der Waals surface area contributed by atoms with E-state index in [-0.39, 0.29) is 11.5 Å². The van der Waals surface area contributed by atoms with Crippen molar-refractivity contribution in [3.63, 3.8) is 0 Å². The van der Waals surface area contributed by atoms with Crippen molar-refractivity contribution in [2.24, 2.45) is 5.92 Å². The first-order valence-corrected chi connectivity index (χ1v) is 7.84. The SMILES string of the molecule is COCC(C)C(NC(C)C)c1nc(C(C)(C)C)cs1. The summed E-state index contributed by atoms with van der Waals surface area (Å²) in [5.74, 6) is 0.409. The van der Waals surface area contributed by atoms with Crippen molar-refractivity contribution in [3.05, 3.63) is 16.1 Å². The van der Waals surface area contributed by atoms with Crippen molar-refractivity contribution >= 4 is 11.3 Å². The Bertz CT molecular complexity index is 382. The number of hydrogen-bond acceptors (Lipinski definition) is 4. The van der Waals surface area contributed by atoms with E-state index in [4.69, 9.17) is 9.72 Å². The molecular weight excluding hydrogens is 256 g/mol. The largest absolute Gasteiger partial charge is 0.384 e. The molecule has 0 aliphatic carbocycles. The summed E-state index contributed by atoms with van der Waals surface area (Å²) in [6.07, 6.45) is 0. The summed E-state index contributed by atoms with van der Waals surface area (Å²) < 4.78 is 5.30. The molecule has 0 spiro atoms. The molecule has 1 aromatic heterocycles. The molecule has 1 N–H and O–H groups in total. The first-order chi connectivity index (χ1) is 8.75. The molecule has 0 bridgehead atoms. The predicted octanol–water partition coefficient (Wildman–Crippen LogP) is 3.76. The minimum atomic E-state index is 0.113. The lowest BCUT2D eigenvalue weighted by Gasteiger charge is -2.25. The Balaban J connectivity index is 2.94. The lowest BCUT2D eigenvalue weighted by molar-refractivity contribution is 0.136. The highest BCUT2D eigenvalue weighted by molar-refractivity contribution is 7.09. The van der Waals surface area contributed by atoms with Gasteiger partial charge in [-0.3, -0.25) is 0 Å².